The number of benzene rings is 2. The topological polar surface area (TPSA) is 57.6 Å². The second kappa shape index (κ2) is 10.6. The van der Waals surface area contributed by atoms with Crippen LogP contribution in [0.1, 0.15) is 44.7 Å². The van der Waals surface area contributed by atoms with Gasteiger partial charge in [-0.1, -0.05) is 67.6 Å². The molecule has 4 heteroatoms. The van der Waals surface area contributed by atoms with E-state index in [0.717, 1.165) is 24.5 Å². The predicted molar refractivity (Wildman–Crippen MR) is 110 cm³/mol. The second-order valence-corrected chi connectivity index (χ2v) is 6.95. The fourth-order valence-electron chi connectivity index (χ4n) is 3.21. The molecule has 1 unspecified atom stereocenters. The summed E-state index contributed by atoms with van der Waals surface area (Å²) < 4.78 is 0. The number of aliphatic carboxylic acids is 1. The maximum Gasteiger partial charge on any atom is 0.300 e. The molecule has 0 aliphatic rings. The molecule has 0 radical (unpaired) electrons. The highest BCUT2D eigenvalue weighted by Gasteiger charge is 2.41. The zero-order chi connectivity index (χ0) is 20.4. The molecular weight excluding hydrogens is 338 g/mol. The van der Waals surface area contributed by atoms with Crippen LogP contribution in [-0.2, 0) is 15.0 Å². The molecule has 2 rings (SSSR count). The Hall–Kier alpha value is -2.46. The average molecular weight is 370 g/mol. The molecule has 146 valence electrons. The number of hydrogen-bond acceptors (Lipinski definition) is 3. The third-order valence-electron chi connectivity index (χ3n) is 4.81. The van der Waals surface area contributed by atoms with E-state index in [-0.39, 0.29) is 5.78 Å². The Morgan fingerprint density at radius 1 is 0.963 bits per heavy atom. The first-order valence-electron chi connectivity index (χ1n) is 9.26. The van der Waals surface area contributed by atoms with Crippen molar-refractivity contribution in [2.45, 2.75) is 45.1 Å². The summed E-state index contributed by atoms with van der Waals surface area (Å²) in [5.41, 5.74) is 1.60. The molecule has 0 heterocycles. The van der Waals surface area contributed by atoms with E-state index in [1.807, 2.05) is 43.3 Å². The van der Waals surface area contributed by atoms with Gasteiger partial charge < -0.3 is 10.0 Å². The third-order valence-corrected chi connectivity index (χ3v) is 4.81. The summed E-state index contributed by atoms with van der Waals surface area (Å²) in [6, 6.07) is 20.7. The molecule has 0 saturated carbocycles. The van der Waals surface area contributed by atoms with Crippen LogP contribution in [0.3, 0.4) is 0 Å². The van der Waals surface area contributed by atoms with E-state index < -0.39 is 11.4 Å². The lowest BCUT2D eigenvalue weighted by atomic mass is 9.67. The normalized spacial score (nSPS) is 12.1. The zero-order valence-electron chi connectivity index (χ0n) is 17.0. The van der Waals surface area contributed by atoms with Crippen LogP contribution in [0, 0.1) is 0 Å². The van der Waals surface area contributed by atoms with Crippen LogP contribution in [0.15, 0.2) is 60.7 Å². The van der Waals surface area contributed by atoms with E-state index in [1.54, 1.807) is 0 Å². The largest absolute Gasteiger partial charge is 0.481 e. The summed E-state index contributed by atoms with van der Waals surface area (Å²) in [5.74, 6) is -0.552. The van der Waals surface area contributed by atoms with Crippen LogP contribution in [0.5, 0.6) is 0 Å². The van der Waals surface area contributed by atoms with Gasteiger partial charge in [-0.15, -0.1) is 0 Å². The first-order chi connectivity index (χ1) is 12.8. The number of nitrogens with zero attached hydrogens (tertiary/aromatic N) is 1. The van der Waals surface area contributed by atoms with E-state index in [4.69, 9.17) is 9.90 Å². The number of hydrogen-bond donors (Lipinski definition) is 1. The van der Waals surface area contributed by atoms with Gasteiger partial charge in [0, 0.05) is 19.4 Å². The standard InChI is InChI=1S/C21H27NO.C2H4O2/c1-5-20(23)21(16-17(2)22(3)4,18-12-8-6-9-13-18)19-14-10-7-11-15-19;1-2(3)4/h6-15,17H,5,16H2,1-4H3;1H3,(H,3,4). The highest BCUT2D eigenvalue weighted by molar-refractivity contribution is 5.93. The van der Waals surface area contributed by atoms with Crippen molar-refractivity contribution in [3.05, 3.63) is 71.8 Å². The Balaban J connectivity index is 0.000000828. The summed E-state index contributed by atoms with van der Waals surface area (Å²) in [6.45, 7) is 5.23. The van der Waals surface area contributed by atoms with Gasteiger partial charge in [0.05, 0.1) is 5.41 Å². The monoisotopic (exact) mass is 369 g/mol. The number of carbonyl (C=O) groups excluding carboxylic acids is 1. The lowest BCUT2D eigenvalue weighted by molar-refractivity contribution is -0.134. The SMILES string of the molecule is CC(=O)O.CCC(=O)C(CC(C)N(C)C)(c1ccccc1)c1ccccc1. The van der Waals surface area contributed by atoms with Gasteiger partial charge >= 0.3 is 0 Å². The lowest BCUT2D eigenvalue weighted by Gasteiger charge is -2.37. The summed E-state index contributed by atoms with van der Waals surface area (Å²) in [6.07, 6.45) is 1.31. The number of Topliss-reactive ketones (excluding diaryl/α,β-unsaturated/α-hetero) is 1. The fourth-order valence-corrected chi connectivity index (χ4v) is 3.21. The molecule has 2 aromatic carbocycles. The zero-order valence-corrected chi connectivity index (χ0v) is 17.0. The van der Waals surface area contributed by atoms with Gasteiger partial charge in [0.15, 0.2) is 0 Å². The first kappa shape index (κ1) is 22.6. The van der Waals surface area contributed by atoms with Crippen molar-refractivity contribution in [3.8, 4) is 0 Å². The van der Waals surface area contributed by atoms with E-state index in [0.29, 0.717) is 12.5 Å². The van der Waals surface area contributed by atoms with E-state index in [9.17, 15) is 4.79 Å². The van der Waals surface area contributed by atoms with Crippen LogP contribution in [0.4, 0.5) is 0 Å². The molecule has 0 aliphatic heterocycles. The molecule has 0 spiro atoms. The minimum atomic E-state index is -0.833. The van der Waals surface area contributed by atoms with E-state index in [1.165, 1.54) is 0 Å². The molecule has 1 N–H and O–H groups in total. The van der Waals surface area contributed by atoms with Crippen molar-refractivity contribution in [2.24, 2.45) is 0 Å². The minimum absolute atomic E-state index is 0.281. The number of carbonyl (C=O) groups is 2. The van der Waals surface area contributed by atoms with Gasteiger partial charge in [-0.25, -0.2) is 0 Å². The van der Waals surface area contributed by atoms with Gasteiger partial charge in [0.25, 0.3) is 5.97 Å². The van der Waals surface area contributed by atoms with Crippen LogP contribution in [0.25, 0.3) is 0 Å². The molecule has 0 amide bonds. The summed E-state index contributed by atoms with van der Waals surface area (Å²) in [5, 5.41) is 7.42. The van der Waals surface area contributed by atoms with Gasteiger partial charge in [0.1, 0.15) is 5.78 Å². The van der Waals surface area contributed by atoms with Crippen molar-refractivity contribution >= 4 is 11.8 Å². The summed E-state index contributed by atoms with van der Waals surface area (Å²) in [7, 11) is 4.14. The van der Waals surface area contributed by atoms with Crippen LogP contribution in [-0.4, -0.2) is 41.9 Å². The molecule has 27 heavy (non-hydrogen) atoms. The maximum absolute atomic E-state index is 13.2. The summed E-state index contributed by atoms with van der Waals surface area (Å²) >= 11 is 0. The molecule has 1 atom stereocenters. The Morgan fingerprint density at radius 3 is 1.63 bits per heavy atom. The van der Waals surface area contributed by atoms with Crippen LogP contribution in [0.2, 0.25) is 0 Å². The van der Waals surface area contributed by atoms with E-state index in [2.05, 4.69) is 50.2 Å². The maximum atomic E-state index is 13.2. The molecule has 0 fully saturated rings. The molecule has 0 aromatic heterocycles. The van der Waals surface area contributed by atoms with Gasteiger partial charge in [-0.2, -0.15) is 0 Å². The highest BCUT2D eigenvalue weighted by atomic mass is 16.4. The van der Waals surface area contributed by atoms with Crippen molar-refractivity contribution < 1.29 is 14.7 Å². The van der Waals surface area contributed by atoms with Crippen LogP contribution >= 0.6 is 0 Å². The van der Waals surface area contributed by atoms with Gasteiger partial charge in [0.2, 0.25) is 0 Å². The lowest BCUT2D eigenvalue weighted by Crippen LogP contribution is -2.42. The van der Waals surface area contributed by atoms with Crippen molar-refractivity contribution in [3.63, 3.8) is 0 Å². The Morgan fingerprint density at radius 2 is 1.33 bits per heavy atom. The van der Waals surface area contributed by atoms with E-state index >= 15 is 0 Å². The Labute approximate surface area is 162 Å². The van der Waals surface area contributed by atoms with Gasteiger partial charge in [-0.3, -0.25) is 9.59 Å². The average Bonchev–Trinajstić information content (AvgIpc) is 2.66. The number of carboxylic acids is 1. The molecule has 4 nitrogen and oxygen atoms in total. The van der Waals surface area contributed by atoms with Crippen molar-refractivity contribution in [1.82, 2.24) is 4.90 Å². The number of carboxylic acid groups (broad SMARTS) is 1. The molecule has 0 bridgehead atoms. The first-order valence-corrected chi connectivity index (χ1v) is 9.26. The summed E-state index contributed by atoms with van der Waals surface area (Å²) in [4.78, 5) is 24.4. The van der Waals surface area contributed by atoms with Crippen LogP contribution < -0.4 is 0 Å². The quantitative estimate of drug-likeness (QED) is 0.787. The molecular formula is C23H31NO3. The molecule has 0 saturated heterocycles. The molecule has 2 aromatic rings. The predicted octanol–water partition coefficient (Wildman–Crippen LogP) is 4.38. The number of ketones is 1. The minimum Gasteiger partial charge on any atom is -0.481 e. The smallest absolute Gasteiger partial charge is 0.300 e. The Bertz CT molecular complexity index is 667. The molecule has 0 aliphatic carbocycles. The second-order valence-electron chi connectivity index (χ2n) is 6.95. The highest BCUT2D eigenvalue weighted by Crippen LogP contribution is 2.39. The van der Waals surface area contributed by atoms with Crippen molar-refractivity contribution in [1.29, 1.82) is 0 Å². The fraction of sp³-hybridized carbons (Fsp3) is 0.391. The van der Waals surface area contributed by atoms with Crippen molar-refractivity contribution in [2.75, 3.05) is 14.1 Å². The number of rotatable bonds is 7. The third kappa shape index (κ3) is 6.04. The van der Waals surface area contributed by atoms with Gasteiger partial charge in [-0.05, 0) is 38.6 Å². The Kier molecular flexibility index (Phi) is 8.89.